The van der Waals surface area contributed by atoms with Crippen molar-refractivity contribution in [1.29, 1.82) is 0 Å². The quantitative estimate of drug-likeness (QED) is 0.718. The highest BCUT2D eigenvalue weighted by molar-refractivity contribution is 5.87. The second kappa shape index (κ2) is 3.93. The first-order chi connectivity index (χ1) is 7.24. The molecule has 15 heavy (non-hydrogen) atoms. The number of hydrogen-bond donors (Lipinski definition) is 0. The maximum atomic E-state index is 5.24. The molecule has 0 atom stereocenters. The van der Waals surface area contributed by atoms with Gasteiger partial charge in [0.2, 0.25) is 0 Å². The average molecular weight is 200 g/mol. The van der Waals surface area contributed by atoms with E-state index in [1.54, 1.807) is 7.11 Å². The SMILES string of the molecule is CCc1cc(C)c2ccc(OC)cc2c1. The Bertz CT molecular complexity index is 481. The van der Waals surface area contributed by atoms with Gasteiger partial charge < -0.3 is 4.74 Å². The summed E-state index contributed by atoms with van der Waals surface area (Å²) in [5.74, 6) is 0.926. The molecule has 0 saturated carbocycles. The van der Waals surface area contributed by atoms with Crippen LogP contribution >= 0.6 is 0 Å². The third-order valence-electron chi connectivity index (χ3n) is 2.83. The fourth-order valence-corrected chi connectivity index (χ4v) is 1.95. The normalized spacial score (nSPS) is 10.6. The van der Waals surface area contributed by atoms with Gasteiger partial charge in [0.05, 0.1) is 7.11 Å². The largest absolute Gasteiger partial charge is 0.497 e. The molecule has 0 aliphatic carbocycles. The predicted molar refractivity (Wildman–Crippen MR) is 64.6 cm³/mol. The zero-order chi connectivity index (χ0) is 10.8. The molecule has 2 rings (SSSR count). The van der Waals surface area contributed by atoms with Crippen LogP contribution in [0.4, 0.5) is 0 Å². The fraction of sp³-hybridized carbons (Fsp3) is 0.286. The topological polar surface area (TPSA) is 9.23 Å². The van der Waals surface area contributed by atoms with E-state index >= 15 is 0 Å². The van der Waals surface area contributed by atoms with E-state index in [4.69, 9.17) is 4.74 Å². The fourth-order valence-electron chi connectivity index (χ4n) is 1.95. The van der Waals surface area contributed by atoms with Crippen molar-refractivity contribution < 1.29 is 4.74 Å². The van der Waals surface area contributed by atoms with E-state index in [1.165, 1.54) is 21.9 Å². The molecule has 1 nitrogen and oxygen atoms in total. The molecule has 78 valence electrons. The van der Waals surface area contributed by atoms with Crippen LogP contribution in [-0.2, 0) is 6.42 Å². The van der Waals surface area contributed by atoms with Crippen molar-refractivity contribution in [3.63, 3.8) is 0 Å². The van der Waals surface area contributed by atoms with Crippen LogP contribution in [0, 0.1) is 6.92 Å². The zero-order valence-electron chi connectivity index (χ0n) is 9.50. The summed E-state index contributed by atoms with van der Waals surface area (Å²) in [5, 5.41) is 2.58. The van der Waals surface area contributed by atoms with Crippen molar-refractivity contribution in [1.82, 2.24) is 0 Å². The number of methoxy groups -OCH3 is 1. The minimum Gasteiger partial charge on any atom is -0.497 e. The lowest BCUT2D eigenvalue weighted by atomic mass is 10.0. The Hall–Kier alpha value is -1.50. The van der Waals surface area contributed by atoms with Crippen molar-refractivity contribution in [3.05, 3.63) is 41.5 Å². The molecule has 0 aliphatic heterocycles. The van der Waals surface area contributed by atoms with Crippen molar-refractivity contribution in [2.24, 2.45) is 0 Å². The standard InChI is InChI=1S/C14H16O/c1-4-11-7-10(2)14-6-5-13(15-3)9-12(14)8-11/h5-9H,4H2,1-3H3. The highest BCUT2D eigenvalue weighted by atomic mass is 16.5. The lowest BCUT2D eigenvalue weighted by molar-refractivity contribution is 0.415. The summed E-state index contributed by atoms with van der Waals surface area (Å²) in [5.41, 5.74) is 2.72. The van der Waals surface area contributed by atoms with Crippen LogP contribution < -0.4 is 4.74 Å². The molecule has 1 heteroatoms. The number of ether oxygens (including phenoxy) is 1. The monoisotopic (exact) mass is 200 g/mol. The van der Waals surface area contributed by atoms with E-state index in [9.17, 15) is 0 Å². The maximum absolute atomic E-state index is 5.24. The molecule has 0 amide bonds. The van der Waals surface area contributed by atoms with Gasteiger partial charge >= 0.3 is 0 Å². The number of aryl methyl sites for hydroxylation is 2. The summed E-state index contributed by atoms with van der Waals surface area (Å²) < 4.78 is 5.24. The Morgan fingerprint density at radius 1 is 1.13 bits per heavy atom. The Morgan fingerprint density at radius 2 is 1.93 bits per heavy atom. The minimum absolute atomic E-state index is 0.926. The summed E-state index contributed by atoms with van der Waals surface area (Å²) in [6.45, 7) is 4.34. The van der Waals surface area contributed by atoms with Gasteiger partial charge in [0.1, 0.15) is 5.75 Å². The molecule has 0 aromatic heterocycles. The van der Waals surface area contributed by atoms with Gasteiger partial charge in [-0.3, -0.25) is 0 Å². The van der Waals surface area contributed by atoms with Crippen molar-refractivity contribution in [2.45, 2.75) is 20.3 Å². The van der Waals surface area contributed by atoms with E-state index in [-0.39, 0.29) is 0 Å². The molecule has 0 bridgehead atoms. The van der Waals surface area contributed by atoms with Crippen molar-refractivity contribution in [3.8, 4) is 5.75 Å². The molecule has 0 radical (unpaired) electrons. The lowest BCUT2D eigenvalue weighted by Crippen LogP contribution is -1.87. The summed E-state index contributed by atoms with van der Waals surface area (Å²) in [6.07, 6.45) is 1.08. The number of rotatable bonds is 2. The van der Waals surface area contributed by atoms with Gasteiger partial charge in [-0.05, 0) is 47.4 Å². The number of benzene rings is 2. The molecule has 2 aromatic rings. The van der Waals surface area contributed by atoms with Crippen LogP contribution in [0.25, 0.3) is 10.8 Å². The van der Waals surface area contributed by atoms with Crippen LogP contribution in [0.15, 0.2) is 30.3 Å². The van der Waals surface area contributed by atoms with Crippen LogP contribution in [0.2, 0.25) is 0 Å². The number of hydrogen-bond acceptors (Lipinski definition) is 1. The van der Waals surface area contributed by atoms with Gasteiger partial charge in [-0.1, -0.05) is 25.1 Å². The van der Waals surface area contributed by atoms with Gasteiger partial charge in [0.25, 0.3) is 0 Å². The van der Waals surface area contributed by atoms with Gasteiger partial charge in [-0.2, -0.15) is 0 Å². The smallest absolute Gasteiger partial charge is 0.119 e. The van der Waals surface area contributed by atoms with Crippen molar-refractivity contribution in [2.75, 3.05) is 7.11 Å². The van der Waals surface area contributed by atoms with Gasteiger partial charge in [0.15, 0.2) is 0 Å². The molecule has 0 saturated heterocycles. The minimum atomic E-state index is 0.926. The Balaban J connectivity index is 2.69. The maximum Gasteiger partial charge on any atom is 0.119 e. The second-order valence-corrected chi connectivity index (χ2v) is 3.85. The molecule has 2 aromatic carbocycles. The Kier molecular flexibility index (Phi) is 2.63. The Labute approximate surface area is 90.7 Å². The molecule has 0 unspecified atom stereocenters. The molecule has 0 heterocycles. The summed E-state index contributed by atoms with van der Waals surface area (Å²) in [7, 11) is 1.71. The highest BCUT2D eigenvalue weighted by Crippen LogP contribution is 2.25. The third-order valence-corrected chi connectivity index (χ3v) is 2.83. The molecule has 0 aliphatic rings. The van der Waals surface area contributed by atoms with Gasteiger partial charge in [0, 0.05) is 0 Å². The van der Waals surface area contributed by atoms with Crippen LogP contribution in [-0.4, -0.2) is 7.11 Å². The summed E-state index contributed by atoms with van der Waals surface area (Å²) in [6, 6.07) is 10.7. The first kappa shape index (κ1) is 10.0. The van der Waals surface area contributed by atoms with Crippen LogP contribution in [0.3, 0.4) is 0 Å². The number of fused-ring (bicyclic) bond motifs is 1. The van der Waals surface area contributed by atoms with Crippen molar-refractivity contribution >= 4 is 10.8 Å². The predicted octanol–water partition coefficient (Wildman–Crippen LogP) is 3.72. The highest BCUT2D eigenvalue weighted by Gasteiger charge is 2.01. The van der Waals surface area contributed by atoms with Crippen LogP contribution in [0.1, 0.15) is 18.1 Å². The molecule has 0 spiro atoms. The second-order valence-electron chi connectivity index (χ2n) is 3.85. The van der Waals surface area contributed by atoms with Gasteiger partial charge in [-0.25, -0.2) is 0 Å². The van der Waals surface area contributed by atoms with Gasteiger partial charge in [-0.15, -0.1) is 0 Å². The molecule has 0 N–H and O–H groups in total. The molecule has 0 fully saturated rings. The summed E-state index contributed by atoms with van der Waals surface area (Å²) >= 11 is 0. The first-order valence-corrected chi connectivity index (χ1v) is 5.32. The van der Waals surface area contributed by atoms with E-state index in [0.29, 0.717) is 0 Å². The first-order valence-electron chi connectivity index (χ1n) is 5.32. The summed E-state index contributed by atoms with van der Waals surface area (Å²) in [4.78, 5) is 0. The van der Waals surface area contributed by atoms with E-state index < -0.39 is 0 Å². The van der Waals surface area contributed by atoms with E-state index in [0.717, 1.165) is 12.2 Å². The molecular weight excluding hydrogens is 184 g/mol. The van der Waals surface area contributed by atoms with E-state index in [2.05, 4.69) is 38.1 Å². The third kappa shape index (κ3) is 1.82. The Morgan fingerprint density at radius 3 is 2.60 bits per heavy atom. The molecular formula is C14H16O. The average Bonchev–Trinajstić information content (AvgIpc) is 2.28. The van der Waals surface area contributed by atoms with E-state index in [1.807, 2.05) is 6.07 Å². The zero-order valence-corrected chi connectivity index (χ0v) is 9.50. The van der Waals surface area contributed by atoms with Crippen LogP contribution in [0.5, 0.6) is 5.75 Å². The lowest BCUT2D eigenvalue weighted by Gasteiger charge is -2.07.